The zero-order chi connectivity index (χ0) is 16.7. The molecule has 0 saturated carbocycles. The molecule has 1 aliphatic rings. The summed E-state index contributed by atoms with van der Waals surface area (Å²) in [6.07, 6.45) is 1.59. The second-order valence-electron chi connectivity index (χ2n) is 4.41. The standard InChI is InChI=1S/C14H22N2O6/c1-5-20-12(17)11-9-8-10(4)15(13(18)21-6-2)16(11)14(19)22-7-3/h8-11H,5-7H2,1-4H3. The van der Waals surface area contributed by atoms with Crippen molar-refractivity contribution in [3.63, 3.8) is 0 Å². The van der Waals surface area contributed by atoms with E-state index in [2.05, 4.69) is 0 Å². The molecular weight excluding hydrogens is 292 g/mol. The molecule has 2 atom stereocenters. The lowest BCUT2D eigenvalue weighted by atomic mass is 10.1. The molecule has 0 aromatic heterocycles. The van der Waals surface area contributed by atoms with Crippen molar-refractivity contribution in [2.24, 2.45) is 0 Å². The minimum absolute atomic E-state index is 0.111. The second kappa shape index (κ2) is 8.26. The molecule has 0 spiro atoms. The van der Waals surface area contributed by atoms with Crippen molar-refractivity contribution in [1.29, 1.82) is 0 Å². The summed E-state index contributed by atoms with van der Waals surface area (Å²) in [6, 6.07) is -1.53. The van der Waals surface area contributed by atoms with E-state index >= 15 is 0 Å². The Morgan fingerprint density at radius 3 is 1.86 bits per heavy atom. The molecule has 1 aliphatic heterocycles. The maximum Gasteiger partial charge on any atom is 0.430 e. The molecule has 0 aromatic carbocycles. The van der Waals surface area contributed by atoms with E-state index in [1.807, 2.05) is 0 Å². The second-order valence-corrected chi connectivity index (χ2v) is 4.41. The fourth-order valence-corrected chi connectivity index (χ4v) is 2.00. The van der Waals surface area contributed by atoms with E-state index < -0.39 is 30.2 Å². The van der Waals surface area contributed by atoms with E-state index in [1.165, 1.54) is 6.08 Å². The molecule has 2 unspecified atom stereocenters. The Kier molecular flexibility index (Phi) is 6.68. The first kappa shape index (κ1) is 17.8. The van der Waals surface area contributed by atoms with Crippen molar-refractivity contribution in [1.82, 2.24) is 10.0 Å². The third kappa shape index (κ3) is 3.90. The highest BCUT2D eigenvalue weighted by molar-refractivity contribution is 5.85. The molecule has 0 aliphatic carbocycles. The number of rotatable bonds is 4. The smallest absolute Gasteiger partial charge is 0.430 e. The van der Waals surface area contributed by atoms with Crippen LogP contribution in [-0.4, -0.2) is 60.1 Å². The lowest BCUT2D eigenvalue weighted by Crippen LogP contribution is -2.61. The first-order chi connectivity index (χ1) is 10.5. The number of ether oxygens (including phenoxy) is 3. The number of amides is 2. The van der Waals surface area contributed by atoms with Gasteiger partial charge in [0.05, 0.1) is 25.9 Å². The molecular formula is C14H22N2O6. The van der Waals surface area contributed by atoms with Crippen molar-refractivity contribution in [3.8, 4) is 0 Å². The van der Waals surface area contributed by atoms with Gasteiger partial charge in [0, 0.05) is 0 Å². The van der Waals surface area contributed by atoms with Gasteiger partial charge in [0.2, 0.25) is 0 Å². The molecule has 8 heteroatoms. The van der Waals surface area contributed by atoms with Crippen LogP contribution in [0.5, 0.6) is 0 Å². The van der Waals surface area contributed by atoms with Gasteiger partial charge in [-0.3, -0.25) is 0 Å². The maximum atomic E-state index is 12.2. The summed E-state index contributed by atoms with van der Waals surface area (Å²) in [6.45, 7) is 7.06. The zero-order valence-corrected chi connectivity index (χ0v) is 13.3. The summed E-state index contributed by atoms with van der Waals surface area (Å²) in [7, 11) is 0. The van der Waals surface area contributed by atoms with Gasteiger partial charge in [-0.25, -0.2) is 19.4 Å². The lowest BCUT2D eigenvalue weighted by molar-refractivity contribution is -0.154. The number of hydrogen-bond donors (Lipinski definition) is 0. The van der Waals surface area contributed by atoms with Gasteiger partial charge in [-0.1, -0.05) is 12.2 Å². The number of carbonyl (C=O) groups is 3. The fraction of sp³-hybridized carbons (Fsp3) is 0.643. The number of hydrazine groups is 1. The van der Waals surface area contributed by atoms with Crippen LogP contribution in [0.3, 0.4) is 0 Å². The largest absolute Gasteiger partial charge is 0.464 e. The molecule has 124 valence electrons. The highest BCUT2D eigenvalue weighted by Gasteiger charge is 2.42. The molecule has 0 bridgehead atoms. The van der Waals surface area contributed by atoms with Crippen molar-refractivity contribution >= 4 is 18.2 Å². The molecule has 0 fully saturated rings. The minimum atomic E-state index is -1.07. The summed E-state index contributed by atoms with van der Waals surface area (Å²) >= 11 is 0. The third-order valence-corrected chi connectivity index (χ3v) is 2.89. The molecule has 0 radical (unpaired) electrons. The number of hydrogen-bond acceptors (Lipinski definition) is 6. The lowest BCUT2D eigenvalue weighted by Gasteiger charge is -2.41. The summed E-state index contributed by atoms with van der Waals surface area (Å²) in [5.74, 6) is -0.645. The first-order valence-corrected chi connectivity index (χ1v) is 7.24. The van der Waals surface area contributed by atoms with E-state index in [1.54, 1.807) is 33.8 Å². The summed E-state index contributed by atoms with van der Waals surface area (Å²) in [4.78, 5) is 36.4. The molecule has 8 nitrogen and oxygen atoms in total. The molecule has 1 rings (SSSR count). The Labute approximate surface area is 129 Å². The predicted molar refractivity (Wildman–Crippen MR) is 76.7 cm³/mol. The highest BCUT2D eigenvalue weighted by Crippen LogP contribution is 2.21. The van der Waals surface area contributed by atoms with Gasteiger partial charge < -0.3 is 14.2 Å². The van der Waals surface area contributed by atoms with Crippen LogP contribution in [0.2, 0.25) is 0 Å². The van der Waals surface area contributed by atoms with Crippen LogP contribution in [0.1, 0.15) is 27.7 Å². The molecule has 1 heterocycles. The van der Waals surface area contributed by atoms with Crippen molar-refractivity contribution in [2.75, 3.05) is 19.8 Å². The number of nitrogens with zero attached hydrogens (tertiary/aromatic N) is 2. The average molecular weight is 314 g/mol. The summed E-state index contributed by atoms with van der Waals surface area (Å²) in [5.41, 5.74) is 0. The molecule has 0 aromatic rings. The van der Waals surface area contributed by atoms with Gasteiger partial charge in [-0.05, 0) is 27.7 Å². The van der Waals surface area contributed by atoms with E-state index in [0.29, 0.717) is 0 Å². The van der Waals surface area contributed by atoms with Gasteiger partial charge in [-0.2, -0.15) is 5.01 Å². The Morgan fingerprint density at radius 1 is 0.864 bits per heavy atom. The van der Waals surface area contributed by atoms with Crippen molar-refractivity contribution < 1.29 is 28.6 Å². The zero-order valence-electron chi connectivity index (χ0n) is 13.3. The summed E-state index contributed by atoms with van der Waals surface area (Å²) in [5, 5.41) is 1.99. The quantitative estimate of drug-likeness (QED) is 0.446. The summed E-state index contributed by atoms with van der Waals surface area (Å²) < 4.78 is 14.8. The first-order valence-electron chi connectivity index (χ1n) is 7.24. The van der Waals surface area contributed by atoms with Gasteiger partial charge in [0.25, 0.3) is 0 Å². The van der Waals surface area contributed by atoms with Gasteiger partial charge in [0.15, 0.2) is 6.04 Å². The Balaban J connectivity index is 3.15. The third-order valence-electron chi connectivity index (χ3n) is 2.89. The average Bonchev–Trinajstić information content (AvgIpc) is 2.47. The van der Waals surface area contributed by atoms with Crippen LogP contribution in [-0.2, 0) is 19.0 Å². The Morgan fingerprint density at radius 2 is 1.36 bits per heavy atom. The fourth-order valence-electron chi connectivity index (χ4n) is 2.00. The normalized spacial score (nSPS) is 20.5. The van der Waals surface area contributed by atoms with Crippen LogP contribution in [0.25, 0.3) is 0 Å². The Bertz CT molecular complexity index is 451. The topological polar surface area (TPSA) is 85.4 Å². The van der Waals surface area contributed by atoms with Crippen LogP contribution in [0.15, 0.2) is 12.2 Å². The van der Waals surface area contributed by atoms with Gasteiger partial charge in [0.1, 0.15) is 0 Å². The molecule has 2 amide bonds. The SMILES string of the molecule is CCOC(=O)C1C=CC(C)N(C(=O)OCC)N1C(=O)OCC. The molecule has 22 heavy (non-hydrogen) atoms. The van der Waals surface area contributed by atoms with Crippen LogP contribution in [0, 0.1) is 0 Å². The Hall–Kier alpha value is -2.25. The van der Waals surface area contributed by atoms with Crippen molar-refractivity contribution in [3.05, 3.63) is 12.2 Å². The van der Waals surface area contributed by atoms with E-state index in [0.717, 1.165) is 10.0 Å². The minimum Gasteiger partial charge on any atom is -0.464 e. The maximum absolute atomic E-state index is 12.2. The van der Waals surface area contributed by atoms with E-state index in [4.69, 9.17) is 14.2 Å². The van der Waals surface area contributed by atoms with Crippen molar-refractivity contribution in [2.45, 2.75) is 39.8 Å². The predicted octanol–water partition coefficient (Wildman–Crippen LogP) is 1.71. The number of carbonyl (C=O) groups excluding carboxylic acids is 3. The number of esters is 1. The van der Waals surface area contributed by atoms with Crippen LogP contribution in [0.4, 0.5) is 9.59 Å². The monoisotopic (exact) mass is 314 g/mol. The van der Waals surface area contributed by atoms with E-state index in [9.17, 15) is 14.4 Å². The van der Waals surface area contributed by atoms with Gasteiger partial charge >= 0.3 is 18.2 Å². The van der Waals surface area contributed by atoms with Crippen LogP contribution >= 0.6 is 0 Å². The highest BCUT2D eigenvalue weighted by atomic mass is 16.6. The van der Waals surface area contributed by atoms with Crippen LogP contribution < -0.4 is 0 Å². The molecule has 0 saturated heterocycles. The van der Waals surface area contributed by atoms with E-state index in [-0.39, 0.29) is 19.8 Å². The molecule has 0 N–H and O–H groups in total. The van der Waals surface area contributed by atoms with Gasteiger partial charge in [-0.15, -0.1) is 0 Å².